The third-order valence-corrected chi connectivity index (χ3v) is 9.01. The third kappa shape index (κ3) is 6.70. The molecule has 7 rings (SSSR count). The lowest BCUT2D eigenvalue weighted by Gasteiger charge is -2.31. The minimum atomic E-state index is -2.62. The van der Waals surface area contributed by atoms with Crippen molar-refractivity contribution in [2.45, 2.75) is 50.9 Å². The summed E-state index contributed by atoms with van der Waals surface area (Å²) in [5.41, 5.74) is 1.43. The summed E-state index contributed by atoms with van der Waals surface area (Å²) < 4.78 is 70.2. The maximum absolute atomic E-state index is 15.5. The molecule has 4 heterocycles. The number of halogens is 4. The number of aromatic carboxylic acids is 1. The van der Waals surface area contributed by atoms with Crippen molar-refractivity contribution in [1.82, 2.24) is 19.5 Å². The van der Waals surface area contributed by atoms with E-state index in [1.54, 1.807) is 30.5 Å². The molecule has 5 aromatic rings. The summed E-state index contributed by atoms with van der Waals surface area (Å²) in [7, 11) is 0. The van der Waals surface area contributed by atoms with E-state index in [-0.39, 0.29) is 66.2 Å². The Morgan fingerprint density at radius 2 is 1.96 bits per heavy atom. The summed E-state index contributed by atoms with van der Waals surface area (Å²) in [6, 6.07) is 11.5. The molecule has 3 aromatic heterocycles. The van der Waals surface area contributed by atoms with Gasteiger partial charge in [0.2, 0.25) is 5.88 Å². The Hall–Kier alpha value is -4.80. The van der Waals surface area contributed by atoms with Gasteiger partial charge in [0.1, 0.15) is 29.1 Å². The Morgan fingerprint density at radius 3 is 2.70 bits per heavy atom. The van der Waals surface area contributed by atoms with Crippen molar-refractivity contribution < 1.29 is 36.9 Å². The number of fused-ring (bicyclic) bond motifs is 1. The Balaban J connectivity index is 1.07. The van der Waals surface area contributed by atoms with Gasteiger partial charge in [-0.15, -0.1) is 11.3 Å². The van der Waals surface area contributed by atoms with Crippen LogP contribution < -0.4 is 4.74 Å². The topological polar surface area (TPSA) is 99.4 Å². The number of nitrogens with zero attached hydrogens (tertiary/aromatic N) is 4. The fourth-order valence-corrected chi connectivity index (χ4v) is 6.21. The first-order valence-corrected chi connectivity index (χ1v) is 15.7. The van der Waals surface area contributed by atoms with Gasteiger partial charge in [-0.05, 0) is 48.4 Å². The largest absolute Gasteiger partial charge is 0.478 e. The van der Waals surface area contributed by atoms with Crippen LogP contribution in [-0.2, 0) is 24.3 Å². The molecular weight excluding hydrogens is 636 g/mol. The highest BCUT2D eigenvalue weighted by atomic mass is 32.1. The molecule has 1 aliphatic heterocycles. The van der Waals surface area contributed by atoms with E-state index >= 15 is 8.78 Å². The van der Waals surface area contributed by atoms with Crippen LogP contribution in [0.3, 0.4) is 0 Å². The van der Waals surface area contributed by atoms with Gasteiger partial charge in [-0.3, -0.25) is 0 Å². The molecule has 8 nitrogen and oxygen atoms in total. The molecule has 1 saturated heterocycles. The SMILES string of the molecule is O=C(O)c1ccc2nc(Cc3cc(F)c(-c4cccc(OCc5ncc(C#CC6CC(F)(F)C6)s5)n4)cc3F)n(CC3CCO3)c2c1. The summed E-state index contributed by atoms with van der Waals surface area (Å²) in [6.45, 7) is 1.09. The first kappa shape index (κ1) is 30.8. The van der Waals surface area contributed by atoms with Crippen molar-refractivity contribution in [2.24, 2.45) is 5.92 Å². The van der Waals surface area contributed by atoms with Crippen LogP contribution in [0.25, 0.3) is 22.3 Å². The van der Waals surface area contributed by atoms with Gasteiger partial charge in [0.25, 0.3) is 5.92 Å². The molecule has 1 atom stereocenters. The van der Waals surface area contributed by atoms with E-state index < -0.39 is 23.5 Å². The molecule has 1 saturated carbocycles. The lowest BCUT2D eigenvalue weighted by Crippen LogP contribution is -2.34. The second-order valence-corrected chi connectivity index (χ2v) is 12.6. The molecule has 0 amide bonds. The zero-order valence-corrected chi connectivity index (χ0v) is 25.5. The number of imidazole rings is 1. The molecule has 1 unspecified atom stereocenters. The summed E-state index contributed by atoms with van der Waals surface area (Å²) >= 11 is 1.27. The van der Waals surface area contributed by atoms with Crippen LogP contribution in [0, 0.1) is 29.4 Å². The number of hydrogen-bond donors (Lipinski definition) is 1. The maximum atomic E-state index is 15.5. The second-order valence-electron chi connectivity index (χ2n) is 11.5. The van der Waals surface area contributed by atoms with Crippen molar-refractivity contribution in [2.75, 3.05) is 6.61 Å². The highest BCUT2D eigenvalue weighted by Crippen LogP contribution is 2.42. The van der Waals surface area contributed by atoms with Crippen LogP contribution in [0.4, 0.5) is 17.6 Å². The number of pyridine rings is 1. The lowest BCUT2D eigenvalue weighted by molar-refractivity contribution is -0.0936. The predicted molar refractivity (Wildman–Crippen MR) is 164 cm³/mol. The number of alkyl halides is 2. The molecular formula is C34H26F4N4O4S. The number of benzene rings is 2. The summed E-state index contributed by atoms with van der Waals surface area (Å²) in [6.07, 6.45) is 1.83. The van der Waals surface area contributed by atoms with E-state index in [1.165, 1.54) is 23.5 Å². The van der Waals surface area contributed by atoms with E-state index in [1.807, 2.05) is 4.57 Å². The van der Waals surface area contributed by atoms with Crippen molar-refractivity contribution in [3.8, 4) is 29.0 Å². The number of rotatable bonds is 9. The Kier molecular flexibility index (Phi) is 8.15. The van der Waals surface area contributed by atoms with E-state index in [0.29, 0.717) is 39.9 Å². The predicted octanol–water partition coefficient (Wildman–Crippen LogP) is 6.89. The first-order chi connectivity index (χ1) is 22.6. The monoisotopic (exact) mass is 662 g/mol. The minimum Gasteiger partial charge on any atom is -0.478 e. The molecule has 0 spiro atoms. The molecule has 240 valence electrons. The zero-order chi connectivity index (χ0) is 32.7. The van der Waals surface area contributed by atoms with Gasteiger partial charge >= 0.3 is 5.97 Å². The van der Waals surface area contributed by atoms with Gasteiger partial charge in [0, 0.05) is 43.4 Å². The smallest absolute Gasteiger partial charge is 0.335 e. The third-order valence-electron chi connectivity index (χ3n) is 8.12. The fourth-order valence-electron chi connectivity index (χ4n) is 5.52. The molecule has 2 aliphatic rings. The number of hydrogen-bond acceptors (Lipinski definition) is 7. The van der Waals surface area contributed by atoms with Gasteiger partial charge in [-0.25, -0.2) is 37.3 Å². The van der Waals surface area contributed by atoms with Crippen LogP contribution in [0.2, 0.25) is 0 Å². The van der Waals surface area contributed by atoms with E-state index in [4.69, 9.17) is 9.47 Å². The molecule has 2 aromatic carbocycles. The van der Waals surface area contributed by atoms with E-state index in [0.717, 1.165) is 18.6 Å². The highest BCUT2D eigenvalue weighted by molar-refractivity contribution is 7.12. The molecule has 2 fully saturated rings. The number of thiazole rings is 1. The molecule has 13 heteroatoms. The highest BCUT2D eigenvalue weighted by Gasteiger charge is 2.44. The normalized spacial score (nSPS) is 17.1. The number of carboxylic acids is 1. The van der Waals surface area contributed by atoms with Crippen molar-refractivity contribution in [3.63, 3.8) is 0 Å². The second kappa shape index (κ2) is 12.4. The first-order valence-electron chi connectivity index (χ1n) is 14.9. The summed E-state index contributed by atoms with van der Waals surface area (Å²) in [5.74, 6) is 1.02. The Bertz CT molecular complexity index is 2060. The molecule has 0 bridgehead atoms. The maximum Gasteiger partial charge on any atom is 0.335 e. The van der Waals surface area contributed by atoms with Gasteiger partial charge < -0.3 is 19.1 Å². The minimum absolute atomic E-state index is 0.0310. The molecule has 1 aliphatic carbocycles. The van der Waals surface area contributed by atoms with Gasteiger partial charge in [-0.2, -0.15) is 0 Å². The number of carbonyl (C=O) groups is 1. The van der Waals surface area contributed by atoms with Crippen LogP contribution in [0.15, 0.2) is 54.7 Å². The summed E-state index contributed by atoms with van der Waals surface area (Å²) in [4.78, 5) is 25.4. The summed E-state index contributed by atoms with van der Waals surface area (Å²) in [5, 5.41) is 10.1. The van der Waals surface area contributed by atoms with Crippen molar-refractivity contribution in [1.29, 1.82) is 0 Å². The quantitative estimate of drug-likeness (QED) is 0.136. The van der Waals surface area contributed by atoms with Crippen LogP contribution in [0.5, 0.6) is 5.88 Å². The van der Waals surface area contributed by atoms with E-state index in [9.17, 15) is 18.7 Å². The van der Waals surface area contributed by atoms with Crippen molar-refractivity contribution >= 4 is 28.3 Å². The van der Waals surface area contributed by atoms with Crippen LogP contribution in [0.1, 0.15) is 50.9 Å². The van der Waals surface area contributed by atoms with Gasteiger partial charge in [0.05, 0.1) is 46.0 Å². The number of aromatic nitrogens is 4. The van der Waals surface area contributed by atoms with Crippen LogP contribution in [-0.4, -0.2) is 49.2 Å². The molecule has 1 N–H and O–H groups in total. The standard InChI is InChI=1S/C34H26F4N4O4S/c35-25-13-24(27-2-1-3-31(41-27)46-18-32-39-16-23(47-32)6-4-19-14-34(37,38)15-19)26(36)10-21(25)12-30-40-28-7-5-20(33(43)44)11-29(28)42(30)17-22-8-9-45-22/h1-3,5,7,10-11,13,16,19,22H,8-9,12,14-15,17-18H2,(H,43,44). The average Bonchev–Trinajstić information content (AvgIpc) is 3.61. The number of ether oxygens (including phenoxy) is 2. The Labute approximate surface area is 270 Å². The van der Waals surface area contributed by atoms with Crippen molar-refractivity contribution in [3.05, 3.63) is 93.2 Å². The molecule has 0 radical (unpaired) electrons. The number of carboxylic acid groups (broad SMARTS) is 1. The average molecular weight is 663 g/mol. The van der Waals surface area contributed by atoms with Gasteiger partial charge in [-0.1, -0.05) is 17.9 Å². The van der Waals surface area contributed by atoms with E-state index in [2.05, 4.69) is 26.8 Å². The van der Waals surface area contributed by atoms with Crippen LogP contribution >= 0.6 is 11.3 Å². The zero-order valence-electron chi connectivity index (χ0n) is 24.7. The fraction of sp³-hybridized carbons (Fsp3) is 0.294. The lowest BCUT2D eigenvalue weighted by atomic mass is 9.82. The molecule has 47 heavy (non-hydrogen) atoms. The Morgan fingerprint density at radius 1 is 1.13 bits per heavy atom. The van der Waals surface area contributed by atoms with Gasteiger partial charge in [0.15, 0.2) is 0 Å².